The lowest BCUT2D eigenvalue weighted by Crippen LogP contribution is -2.44. The monoisotopic (exact) mass is 472 g/mol. The van der Waals surface area contributed by atoms with Gasteiger partial charge in [0.2, 0.25) is 15.9 Å². The van der Waals surface area contributed by atoms with Crippen LogP contribution >= 0.6 is 0 Å². The SMILES string of the molecule is CC[C@@H]1Oc2cc(S(=O)(=O)N3CCC[C@H](C(=O)Nc4cc(C)ccn4)C3)c(C)cc2NC1=O. The van der Waals surface area contributed by atoms with E-state index in [4.69, 9.17) is 4.74 Å². The van der Waals surface area contributed by atoms with E-state index in [2.05, 4.69) is 15.6 Å². The molecule has 2 N–H and O–H groups in total. The van der Waals surface area contributed by atoms with E-state index in [0.717, 1.165) is 5.56 Å². The van der Waals surface area contributed by atoms with Crippen LogP contribution in [0.25, 0.3) is 0 Å². The van der Waals surface area contributed by atoms with E-state index in [1.54, 1.807) is 25.3 Å². The maximum absolute atomic E-state index is 13.5. The lowest BCUT2D eigenvalue weighted by molar-refractivity contribution is -0.123. The van der Waals surface area contributed by atoms with Gasteiger partial charge in [-0.3, -0.25) is 9.59 Å². The van der Waals surface area contributed by atoms with Crippen LogP contribution in [0.4, 0.5) is 11.5 Å². The van der Waals surface area contributed by atoms with Crippen molar-refractivity contribution < 1.29 is 22.7 Å². The molecule has 0 radical (unpaired) electrons. The second-order valence-electron chi connectivity index (χ2n) is 8.53. The van der Waals surface area contributed by atoms with Crippen molar-refractivity contribution >= 4 is 33.3 Å². The zero-order valence-electron chi connectivity index (χ0n) is 18.9. The van der Waals surface area contributed by atoms with Crippen LogP contribution in [0.15, 0.2) is 35.4 Å². The predicted octanol–water partition coefficient (Wildman–Crippen LogP) is 2.85. The Hall–Kier alpha value is -2.98. The van der Waals surface area contributed by atoms with Gasteiger partial charge in [0.05, 0.1) is 16.5 Å². The maximum Gasteiger partial charge on any atom is 0.265 e. The molecule has 1 aromatic carbocycles. The lowest BCUT2D eigenvalue weighted by Gasteiger charge is -2.32. The maximum atomic E-state index is 13.5. The van der Waals surface area contributed by atoms with Crippen molar-refractivity contribution in [1.82, 2.24) is 9.29 Å². The summed E-state index contributed by atoms with van der Waals surface area (Å²) in [5.74, 6) is -0.175. The van der Waals surface area contributed by atoms with Gasteiger partial charge in [0, 0.05) is 25.4 Å². The number of aryl methyl sites for hydroxylation is 2. The number of rotatable bonds is 5. The topological polar surface area (TPSA) is 118 Å². The third-order valence-corrected chi connectivity index (χ3v) is 8.01. The molecule has 33 heavy (non-hydrogen) atoms. The van der Waals surface area contributed by atoms with E-state index in [9.17, 15) is 18.0 Å². The Morgan fingerprint density at radius 2 is 2.09 bits per heavy atom. The first-order chi connectivity index (χ1) is 15.7. The first-order valence-corrected chi connectivity index (χ1v) is 12.5. The normalized spacial score (nSPS) is 21.0. The van der Waals surface area contributed by atoms with Crippen LogP contribution < -0.4 is 15.4 Å². The number of benzene rings is 1. The second kappa shape index (κ2) is 9.11. The van der Waals surface area contributed by atoms with E-state index in [1.807, 2.05) is 19.9 Å². The fourth-order valence-electron chi connectivity index (χ4n) is 4.18. The summed E-state index contributed by atoms with van der Waals surface area (Å²) >= 11 is 0. The highest BCUT2D eigenvalue weighted by Gasteiger charge is 2.36. The first kappa shape index (κ1) is 23.2. The van der Waals surface area contributed by atoms with Crippen LogP contribution in [-0.2, 0) is 19.6 Å². The summed E-state index contributed by atoms with van der Waals surface area (Å²) in [6.07, 6.45) is 2.61. The minimum absolute atomic E-state index is 0.0890. The van der Waals surface area contributed by atoms with Crippen molar-refractivity contribution in [1.29, 1.82) is 0 Å². The van der Waals surface area contributed by atoms with Crippen LogP contribution in [-0.4, -0.2) is 48.7 Å². The van der Waals surface area contributed by atoms with Crippen molar-refractivity contribution in [2.45, 2.75) is 51.0 Å². The molecule has 2 amide bonds. The van der Waals surface area contributed by atoms with Crippen LogP contribution in [0, 0.1) is 19.8 Å². The number of amides is 2. The van der Waals surface area contributed by atoms with Gasteiger partial charge in [0.15, 0.2) is 6.10 Å². The third-order valence-electron chi connectivity index (χ3n) is 6.01. The number of hydrogen-bond donors (Lipinski definition) is 2. The number of hydrogen-bond acceptors (Lipinski definition) is 6. The molecule has 2 aliphatic rings. The second-order valence-corrected chi connectivity index (χ2v) is 10.4. The van der Waals surface area contributed by atoms with Crippen molar-refractivity contribution in [2.75, 3.05) is 23.7 Å². The third kappa shape index (κ3) is 4.72. The Kier molecular flexibility index (Phi) is 6.40. The molecule has 176 valence electrons. The van der Waals surface area contributed by atoms with Gasteiger partial charge in [-0.05, 0) is 62.4 Å². The number of carbonyl (C=O) groups excluding carboxylic acids is 2. The number of anilines is 2. The number of ether oxygens (including phenoxy) is 1. The molecule has 1 aromatic heterocycles. The zero-order valence-corrected chi connectivity index (χ0v) is 19.7. The van der Waals surface area contributed by atoms with E-state index >= 15 is 0 Å². The van der Waals surface area contributed by atoms with Gasteiger partial charge >= 0.3 is 0 Å². The number of aromatic nitrogens is 1. The van der Waals surface area contributed by atoms with Crippen LogP contribution in [0.1, 0.15) is 37.3 Å². The molecule has 4 rings (SSSR count). The van der Waals surface area contributed by atoms with Gasteiger partial charge in [-0.25, -0.2) is 13.4 Å². The largest absolute Gasteiger partial charge is 0.478 e. The smallest absolute Gasteiger partial charge is 0.265 e. The predicted molar refractivity (Wildman–Crippen MR) is 124 cm³/mol. The van der Waals surface area contributed by atoms with Gasteiger partial charge in [0.1, 0.15) is 11.6 Å². The molecular formula is C23H28N4O5S. The van der Waals surface area contributed by atoms with E-state index in [0.29, 0.717) is 48.6 Å². The first-order valence-electron chi connectivity index (χ1n) is 11.0. The van der Waals surface area contributed by atoms with Gasteiger partial charge in [-0.2, -0.15) is 4.31 Å². The van der Waals surface area contributed by atoms with Crippen LogP contribution in [0.5, 0.6) is 5.75 Å². The van der Waals surface area contributed by atoms with Gasteiger partial charge in [0.25, 0.3) is 5.91 Å². The summed E-state index contributed by atoms with van der Waals surface area (Å²) in [6.45, 7) is 5.84. The van der Waals surface area contributed by atoms with E-state index < -0.39 is 22.0 Å². The van der Waals surface area contributed by atoms with Crippen molar-refractivity contribution in [3.63, 3.8) is 0 Å². The highest BCUT2D eigenvalue weighted by Crippen LogP contribution is 2.36. The standard InChI is InChI=1S/C23H28N4O5S/c1-4-18-23(29)25-17-11-15(3)20(12-19(17)32-18)33(30,31)27-9-5-6-16(13-27)22(28)26-21-10-14(2)7-8-24-21/h7-8,10-12,16,18H,4-6,9,13H2,1-3H3,(H,25,29)(H,24,26,28)/t16-,18-/m0/s1. The Balaban J connectivity index is 1.55. The quantitative estimate of drug-likeness (QED) is 0.691. The zero-order chi connectivity index (χ0) is 23.8. The molecule has 3 heterocycles. The molecule has 1 saturated heterocycles. The molecule has 0 unspecified atom stereocenters. The van der Waals surface area contributed by atoms with E-state index in [-0.39, 0.29) is 23.3 Å². The molecule has 0 bridgehead atoms. The molecule has 10 heteroatoms. The molecule has 0 saturated carbocycles. The fraction of sp³-hybridized carbons (Fsp3) is 0.435. The molecule has 1 fully saturated rings. The average Bonchev–Trinajstić information content (AvgIpc) is 2.78. The minimum atomic E-state index is -3.86. The van der Waals surface area contributed by atoms with Crippen molar-refractivity contribution in [3.8, 4) is 5.75 Å². The summed E-state index contributed by atoms with van der Waals surface area (Å²) in [5.41, 5.74) is 1.94. The molecule has 2 atom stereocenters. The number of sulfonamides is 1. The summed E-state index contributed by atoms with van der Waals surface area (Å²) in [4.78, 5) is 29.2. The number of fused-ring (bicyclic) bond motifs is 1. The fourth-order valence-corrected chi connectivity index (χ4v) is 5.92. The summed E-state index contributed by atoms with van der Waals surface area (Å²) < 4.78 is 34.1. The number of pyridine rings is 1. The van der Waals surface area contributed by atoms with Crippen LogP contribution in [0.2, 0.25) is 0 Å². The van der Waals surface area contributed by atoms with E-state index in [1.165, 1.54) is 10.4 Å². The summed E-state index contributed by atoms with van der Waals surface area (Å²) in [5, 5.41) is 5.58. The molecule has 2 aromatic rings. The summed E-state index contributed by atoms with van der Waals surface area (Å²) in [6, 6.07) is 6.70. The molecule has 2 aliphatic heterocycles. The highest BCUT2D eigenvalue weighted by molar-refractivity contribution is 7.89. The van der Waals surface area contributed by atoms with Gasteiger partial charge < -0.3 is 15.4 Å². The van der Waals surface area contributed by atoms with Crippen LogP contribution in [0.3, 0.4) is 0 Å². The van der Waals surface area contributed by atoms with Crippen molar-refractivity contribution in [3.05, 3.63) is 41.6 Å². The molecular weight excluding hydrogens is 444 g/mol. The number of carbonyl (C=O) groups is 2. The molecule has 0 spiro atoms. The van der Waals surface area contributed by atoms with Gasteiger partial charge in [-0.1, -0.05) is 6.92 Å². The highest BCUT2D eigenvalue weighted by atomic mass is 32.2. The average molecular weight is 473 g/mol. The number of nitrogens with one attached hydrogen (secondary N) is 2. The molecule has 0 aliphatic carbocycles. The minimum Gasteiger partial charge on any atom is -0.478 e. The Morgan fingerprint density at radius 3 is 2.82 bits per heavy atom. The van der Waals surface area contributed by atoms with Crippen molar-refractivity contribution in [2.24, 2.45) is 5.92 Å². The Morgan fingerprint density at radius 1 is 1.30 bits per heavy atom. The Labute approximate surface area is 193 Å². The number of piperidine rings is 1. The van der Waals surface area contributed by atoms with Gasteiger partial charge in [-0.15, -0.1) is 0 Å². The summed E-state index contributed by atoms with van der Waals surface area (Å²) in [7, 11) is -3.86. The number of nitrogens with zero attached hydrogens (tertiary/aromatic N) is 2. The lowest BCUT2D eigenvalue weighted by atomic mass is 9.99. The molecule has 9 nitrogen and oxygen atoms in total. The Bertz CT molecular complexity index is 1200.